The highest BCUT2D eigenvalue weighted by Gasteiger charge is 2.44. The highest BCUT2D eigenvalue weighted by atomic mass is 16.5. The average molecular weight is 713 g/mol. The number of hydrogen-bond donors (Lipinski definition) is 5. The summed E-state index contributed by atoms with van der Waals surface area (Å²) in [4.78, 5) is 56.7. The molecule has 0 radical (unpaired) electrons. The predicted molar refractivity (Wildman–Crippen MR) is 201 cm³/mol. The van der Waals surface area contributed by atoms with Crippen LogP contribution in [0.25, 0.3) is 10.8 Å². The van der Waals surface area contributed by atoms with Crippen molar-refractivity contribution in [2.45, 2.75) is 102 Å². The zero-order valence-electron chi connectivity index (χ0n) is 30.6. The molecule has 5 rings (SSSR count). The van der Waals surface area contributed by atoms with Crippen molar-refractivity contribution in [3.8, 4) is 5.75 Å². The summed E-state index contributed by atoms with van der Waals surface area (Å²) in [5, 5.41) is 30.7. The molecule has 0 bridgehead atoms. The second-order valence-corrected chi connectivity index (χ2v) is 14.7. The van der Waals surface area contributed by atoms with Gasteiger partial charge in [-0.2, -0.15) is 0 Å². The van der Waals surface area contributed by atoms with Crippen molar-refractivity contribution in [1.82, 2.24) is 20.9 Å². The Kier molecular flexibility index (Phi) is 13.7. The monoisotopic (exact) mass is 712 g/mol. The maximum atomic E-state index is 14.6. The number of likely N-dealkylation sites (tertiary alicyclic amines) is 1. The molecular formula is C40H53BN4O7. The van der Waals surface area contributed by atoms with Crippen LogP contribution in [-0.4, -0.2) is 83.4 Å². The number of methoxy groups -OCH3 is 1. The van der Waals surface area contributed by atoms with E-state index in [1.54, 1.807) is 27.0 Å². The number of fused-ring (bicyclic) bond motifs is 1. The Balaban J connectivity index is 1.33. The zero-order valence-corrected chi connectivity index (χ0v) is 30.6. The maximum absolute atomic E-state index is 14.6. The molecule has 1 aliphatic carbocycles. The number of aryl methyl sites for hydroxylation is 1. The predicted octanol–water partition coefficient (Wildman–Crippen LogP) is 4.18. The van der Waals surface area contributed by atoms with Crippen molar-refractivity contribution in [1.29, 1.82) is 0 Å². The summed E-state index contributed by atoms with van der Waals surface area (Å²) in [5.41, 5.74) is 1.52. The van der Waals surface area contributed by atoms with Gasteiger partial charge < -0.3 is 35.6 Å². The van der Waals surface area contributed by atoms with Crippen LogP contribution in [0.3, 0.4) is 0 Å². The Morgan fingerprint density at radius 2 is 1.63 bits per heavy atom. The van der Waals surface area contributed by atoms with E-state index in [9.17, 15) is 29.2 Å². The lowest BCUT2D eigenvalue weighted by Crippen LogP contribution is -2.57. The second-order valence-electron chi connectivity index (χ2n) is 14.7. The lowest BCUT2D eigenvalue weighted by molar-refractivity contribution is -0.140. The Labute approximate surface area is 307 Å². The zero-order chi connectivity index (χ0) is 37.2. The number of benzene rings is 3. The van der Waals surface area contributed by atoms with Gasteiger partial charge in [0.1, 0.15) is 17.8 Å². The minimum absolute atomic E-state index is 0.0855. The van der Waals surface area contributed by atoms with Gasteiger partial charge >= 0.3 is 7.12 Å². The molecule has 2 aliphatic rings. The summed E-state index contributed by atoms with van der Waals surface area (Å²) in [6, 6.07) is 18.5. The Morgan fingerprint density at radius 1 is 0.923 bits per heavy atom. The first-order chi connectivity index (χ1) is 25.0. The van der Waals surface area contributed by atoms with Crippen molar-refractivity contribution in [3.05, 3.63) is 77.9 Å². The van der Waals surface area contributed by atoms with Crippen LogP contribution in [0.15, 0.2) is 66.7 Å². The molecule has 1 saturated carbocycles. The molecule has 1 aliphatic heterocycles. The fraction of sp³-hybridized carbons (Fsp3) is 0.500. The summed E-state index contributed by atoms with van der Waals surface area (Å²) < 4.78 is 5.22. The SMILES string of the molecule is COc1ccc(CCCC(=O)N[C@@H]2C[C@@H](C(=O)N[C@H](B(O)O)C(C)C)N(C(=O)[C@@H](CC3CCCCC3)NC(=O)c3ccc4ccccc4c3)C2)cc1. The second kappa shape index (κ2) is 18.4. The molecular weight excluding hydrogens is 659 g/mol. The number of carbonyl (C=O) groups excluding carboxylic acids is 4. The van der Waals surface area contributed by atoms with Crippen LogP contribution in [0.4, 0.5) is 0 Å². The fourth-order valence-corrected chi connectivity index (χ4v) is 7.57. The molecule has 11 nitrogen and oxygen atoms in total. The highest BCUT2D eigenvalue weighted by Crippen LogP contribution is 2.30. The summed E-state index contributed by atoms with van der Waals surface area (Å²) in [6.07, 6.45) is 7.37. The number of nitrogens with zero attached hydrogens (tertiary/aromatic N) is 1. The molecule has 1 heterocycles. The van der Waals surface area contributed by atoms with Gasteiger partial charge in [0.2, 0.25) is 17.7 Å². The van der Waals surface area contributed by atoms with Crippen LogP contribution < -0.4 is 20.7 Å². The number of amides is 4. The average Bonchev–Trinajstić information content (AvgIpc) is 3.57. The minimum atomic E-state index is -1.80. The van der Waals surface area contributed by atoms with E-state index in [2.05, 4.69) is 16.0 Å². The number of carbonyl (C=O) groups is 4. The number of nitrogens with one attached hydrogen (secondary N) is 3. The van der Waals surface area contributed by atoms with E-state index in [1.165, 1.54) is 4.90 Å². The van der Waals surface area contributed by atoms with Gasteiger partial charge in [0.25, 0.3) is 5.91 Å². The van der Waals surface area contributed by atoms with E-state index in [-0.39, 0.29) is 48.9 Å². The van der Waals surface area contributed by atoms with Crippen molar-refractivity contribution >= 4 is 41.5 Å². The summed E-state index contributed by atoms with van der Waals surface area (Å²) >= 11 is 0. The standard InChI is InChI=1S/C40H53BN4O7/c1-26(2)37(41(50)51)44-39(48)35-24-32(42-36(46)15-9-12-27-16-20-33(52-3)21-17-27)25-45(35)40(49)34(22-28-10-5-4-6-11-28)43-38(47)31-19-18-29-13-7-8-14-30(29)23-31/h7-8,13-14,16-21,23,26,28,32,34-35,37,50-51H,4-6,9-12,15,22,24-25H2,1-3H3,(H,42,46)(H,43,47)(H,44,48)/t32-,34-,35+,37+/m1/s1. The smallest absolute Gasteiger partial charge is 0.475 e. The molecule has 52 heavy (non-hydrogen) atoms. The van der Waals surface area contributed by atoms with Gasteiger partial charge in [-0.05, 0) is 78.1 Å². The minimum Gasteiger partial charge on any atom is -0.497 e. The van der Waals surface area contributed by atoms with Gasteiger partial charge in [-0.1, -0.05) is 88.4 Å². The van der Waals surface area contributed by atoms with Crippen LogP contribution in [0.2, 0.25) is 0 Å². The van der Waals surface area contributed by atoms with Crippen LogP contribution in [0.5, 0.6) is 5.75 Å². The molecule has 2 fully saturated rings. The first kappa shape index (κ1) is 38.8. The maximum Gasteiger partial charge on any atom is 0.475 e. The van der Waals surface area contributed by atoms with E-state index < -0.39 is 37.1 Å². The summed E-state index contributed by atoms with van der Waals surface area (Å²) in [7, 11) is -0.181. The van der Waals surface area contributed by atoms with E-state index in [0.717, 1.165) is 54.2 Å². The van der Waals surface area contributed by atoms with Gasteiger partial charge in [0, 0.05) is 24.6 Å². The van der Waals surface area contributed by atoms with Crippen LogP contribution in [-0.2, 0) is 20.8 Å². The Morgan fingerprint density at radius 3 is 2.31 bits per heavy atom. The highest BCUT2D eigenvalue weighted by molar-refractivity contribution is 6.43. The van der Waals surface area contributed by atoms with Crippen LogP contribution >= 0.6 is 0 Å². The van der Waals surface area contributed by atoms with Crippen molar-refractivity contribution in [2.24, 2.45) is 11.8 Å². The molecule has 4 atom stereocenters. The van der Waals surface area contributed by atoms with Gasteiger partial charge in [-0.15, -0.1) is 0 Å². The molecule has 278 valence electrons. The quantitative estimate of drug-likeness (QED) is 0.148. The Bertz CT molecular complexity index is 1670. The van der Waals surface area contributed by atoms with Gasteiger partial charge in [0.05, 0.1) is 13.1 Å². The third-order valence-electron chi connectivity index (χ3n) is 10.5. The molecule has 3 aromatic carbocycles. The van der Waals surface area contributed by atoms with E-state index in [0.29, 0.717) is 24.8 Å². The van der Waals surface area contributed by atoms with E-state index in [1.807, 2.05) is 60.7 Å². The first-order valence-electron chi connectivity index (χ1n) is 18.7. The lowest BCUT2D eigenvalue weighted by Gasteiger charge is -2.32. The van der Waals surface area contributed by atoms with Crippen LogP contribution in [0.1, 0.15) is 87.6 Å². The topological polar surface area (TPSA) is 157 Å². The van der Waals surface area contributed by atoms with Crippen LogP contribution in [0, 0.1) is 11.8 Å². The Hall–Kier alpha value is -4.42. The van der Waals surface area contributed by atoms with Gasteiger partial charge in [-0.25, -0.2) is 0 Å². The lowest BCUT2D eigenvalue weighted by atomic mass is 9.73. The normalized spacial score (nSPS) is 18.8. The number of rotatable bonds is 15. The molecule has 0 spiro atoms. The summed E-state index contributed by atoms with van der Waals surface area (Å²) in [5.74, 6) is -1.72. The van der Waals surface area contributed by atoms with Crippen molar-refractivity contribution < 1.29 is 34.0 Å². The van der Waals surface area contributed by atoms with Gasteiger partial charge in [0.15, 0.2) is 0 Å². The molecule has 12 heteroatoms. The van der Waals surface area contributed by atoms with Crippen molar-refractivity contribution in [2.75, 3.05) is 13.7 Å². The molecule has 4 amide bonds. The number of ether oxygens (including phenoxy) is 1. The number of hydrogen-bond acceptors (Lipinski definition) is 7. The molecule has 0 unspecified atom stereocenters. The van der Waals surface area contributed by atoms with E-state index in [4.69, 9.17) is 4.74 Å². The van der Waals surface area contributed by atoms with E-state index >= 15 is 0 Å². The van der Waals surface area contributed by atoms with Gasteiger partial charge in [-0.3, -0.25) is 19.2 Å². The fourth-order valence-electron chi connectivity index (χ4n) is 7.57. The molecule has 5 N–H and O–H groups in total. The van der Waals surface area contributed by atoms with Crippen molar-refractivity contribution in [3.63, 3.8) is 0 Å². The third kappa shape index (κ3) is 10.3. The molecule has 1 saturated heterocycles. The molecule has 3 aromatic rings. The summed E-state index contributed by atoms with van der Waals surface area (Å²) in [6.45, 7) is 3.61. The largest absolute Gasteiger partial charge is 0.497 e. The molecule has 0 aromatic heterocycles. The third-order valence-corrected chi connectivity index (χ3v) is 10.5. The first-order valence-corrected chi connectivity index (χ1v) is 18.7.